The molecule has 0 bridgehead atoms. The van der Waals surface area contributed by atoms with Crippen molar-refractivity contribution in [2.75, 3.05) is 37.4 Å². The van der Waals surface area contributed by atoms with Gasteiger partial charge in [-0.15, -0.1) is 5.10 Å². The maximum absolute atomic E-state index is 14.0. The Labute approximate surface area is 235 Å². The van der Waals surface area contributed by atoms with Crippen LogP contribution in [0.25, 0.3) is 16.9 Å². The zero-order valence-electron chi connectivity index (χ0n) is 23.8. The van der Waals surface area contributed by atoms with E-state index in [1.807, 2.05) is 33.0 Å². The van der Waals surface area contributed by atoms with Crippen LogP contribution in [-0.4, -0.2) is 73.8 Å². The lowest BCUT2D eigenvalue weighted by Crippen LogP contribution is -2.32. The summed E-state index contributed by atoms with van der Waals surface area (Å²) in [6, 6.07) is 4.42. The monoisotopic (exact) mass is 567 g/mol. The Morgan fingerprint density at radius 2 is 1.85 bits per heavy atom. The fraction of sp³-hybridized carbons (Fsp3) is 0.393. The minimum atomic E-state index is -4.57. The van der Waals surface area contributed by atoms with Crippen LogP contribution >= 0.6 is 0 Å². The van der Waals surface area contributed by atoms with Crippen LogP contribution in [0, 0.1) is 20.8 Å². The first-order valence-electron chi connectivity index (χ1n) is 13.2. The van der Waals surface area contributed by atoms with Crippen molar-refractivity contribution in [2.24, 2.45) is 7.05 Å². The molecular weight excluding hydrogens is 535 g/mol. The minimum Gasteiger partial charge on any atom is -0.370 e. The van der Waals surface area contributed by atoms with Crippen molar-refractivity contribution < 1.29 is 18.0 Å². The molecule has 4 heterocycles. The van der Waals surface area contributed by atoms with E-state index in [9.17, 15) is 18.0 Å². The molecule has 41 heavy (non-hydrogen) atoms. The third-order valence-corrected chi connectivity index (χ3v) is 7.75. The van der Waals surface area contributed by atoms with Crippen LogP contribution < -0.4 is 10.2 Å². The van der Waals surface area contributed by atoms with Crippen molar-refractivity contribution in [2.45, 2.75) is 39.4 Å². The average molecular weight is 568 g/mol. The molecule has 0 unspecified atom stereocenters. The van der Waals surface area contributed by atoms with E-state index in [1.165, 1.54) is 17.8 Å². The average Bonchev–Trinajstić information content (AvgIpc) is 3.66. The van der Waals surface area contributed by atoms with Gasteiger partial charge in [0.15, 0.2) is 0 Å². The van der Waals surface area contributed by atoms with Gasteiger partial charge in [-0.1, -0.05) is 5.21 Å². The van der Waals surface area contributed by atoms with E-state index in [4.69, 9.17) is 0 Å². The predicted molar refractivity (Wildman–Crippen MR) is 149 cm³/mol. The van der Waals surface area contributed by atoms with Crippen LogP contribution in [0.2, 0.25) is 0 Å². The highest BCUT2D eigenvalue weighted by atomic mass is 19.4. The highest BCUT2D eigenvalue weighted by molar-refractivity contribution is 6.04. The lowest BCUT2D eigenvalue weighted by atomic mass is 10.0. The largest absolute Gasteiger partial charge is 0.416 e. The van der Waals surface area contributed by atoms with Gasteiger partial charge >= 0.3 is 6.18 Å². The molecular formula is C28H32F3N9O. The fourth-order valence-corrected chi connectivity index (χ4v) is 5.11. The second kappa shape index (κ2) is 10.6. The van der Waals surface area contributed by atoms with Crippen LogP contribution in [0.3, 0.4) is 0 Å². The summed E-state index contributed by atoms with van der Waals surface area (Å²) < 4.78 is 45.3. The maximum atomic E-state index is 14.0. The highest BCUT2D eigenvalue weighted by Crippen LogP contribution is 2.39. The number of pyridine rings is 1. The lowest BCUT2D eigenvalue weighted by Gasteiger charge is -2.26. The number of amides is 1. The molecule has 0 spiro atoms. The molecule has 1 aromatic carbocycles. The van der Waals surface area contributed by atoms with E-state index in [2.05, 4.69) is 30.6 Å². The molecule has 0 radical (unpaired) electrons. The Kier molecular flexibility index (Phi) is 7.32. The number of rotatable bonds is 6. The summed E-state index contributed by atoms with van der Waals surface area (Å²) in [4.78, 5) is 21.7. The van der Waals surface area contributed by atoms with Crippen LogP contribution in [-0.2, 0) is 13.2 Å². The number of likely N-dealkylation sites (N-methyl/N-ethyl adjacent to an activating group) is 1. The highest BCUT2D eigenvalue weighted by Gasteiger charge is 2.36. The van der Waals surface area contributed by atoms with E-state index >= 15 is 0 Å². The van der Waals surface area contributed by atoms with Gasteiger partial charge in [-0.25, -0.2) is 4.68 Å². The molecule has 0 aliphatic carbocycles. The molecule has 1 N–H and O–H groups in total. The van der Waals surface area contributed by atoms with Gasteiger partial charge < -0.3 is 15.1 Å². The first kappa shape index (κ1) is 28.3. The Bertz CT molecular complexity index is 1610. The molecule has 10 nitrogen and oxygen atoms in total. The summed E-state index contributed by atoms with van der Waals surface area (Å²) in [6.45, 7) is 6.40. The van der Waals surface area contributed by atoms with Gasteiger partial charge in [0.25, 0.3) is 5.91 Å². The number of anilines is 2. The quantitative estimate of drug-likeness (QED) is 0.369. The van der Waals surface area contributed by atoms with E-state index < -0.39 is 17.6 Å². The zero-order valence-corrected chi connectivity index (χ0v) is 23.8. The normalized spacial score (nSPS) is 15.7. The van der Waals surface area contributed by atoms with Gasteiger partial charge in [-0.3, -0.25) is 14.5 Å². The van der Waals surface area contributed by atoms with Gasteiger partial charge in [-0.05, 0) is 65.0 Å². The molecule has 1 amide bonds. The number of hydrogen-bond donors (Lipinski definition) is 1. The number of nitrogens with one attached hydrogen (secondary N) is 1. The number of alkyl halides is 3. The van der Waals surface area contributed by atoms with E-state index in [0.29, 0.717) is 35.9 Å². The molecule has 1 atom stereocenters. The van der Waals surface area contributed by atoms with Gasteiger partial charge in [0.1, 0.15) is 5.69 Å². The first-order chi connectivity index (χ1) is 19.3. The Morgan fingerprint density at radius 3 is 2.49 bits per heavy atom. The second-order valence-corrected chi connectivity index (χ2v) is 10.6. The third-order valence-electron chi connectivity index (χ3n) is 7.75. The molecule has 3 aromatic heterocycles. The predicted octanol–water partition coefficient (Wildman–Crippen LogP) is 4.40. The number of aryl methyl sites for hydroxylation is 2. The van der Waals surface area contributed by atoms with Crippen LogP contribution in [0.15, 0.2) is 36.8 Å². The van der Waals surface area contributed by atoms with Crippen molar-refractivity contribution in [3.05, 3.63) is 64.9 Å². The topological polar surface area (TPSA) is 97.0 Å². The van der Waals surface area contributed by atoms with E-state index in [-0.39, 0.29) is 22.9 Å². The van der Waals surface area contributed by atoms with Gasteiger partial charge in [0.05, 0.1) is 34.9 Å². The molecule has 1 saturated heterocycles. The molecule has 1 aliphatic heterocycles. The van der Waals surface area contributed by atoms with E-state index in [1.54, 1.807) is 36.1 Å². The smallest absolute Gasteiger partial charge is 0.370 e. The van der Waals surface area contributed by atoms with Crippen molar-refractivity contribution in [1.82, 2.24) is 34.7 Å². The molecule has 1 fully saturated rings. The number of halogens is 3. The van der Waals surface area contributed by atoms with Crippen LogP contribution in [0.4, 0.5) is 24.5 Å². The zero-order chi connectivity index (χ0) is 29.6. The SMILES string of the molecule is Cc1ncc(C(=O)Nc2cc(N3CC[C@H](N(C)C)C3)c(C)c(C(F)(F)F)c2)cc1-n1cc(-c2cnn(C)c2C)nn1. The second-order valence-electron chi connectivity index (χ2n) is 10.6. The molecule has 13 heteroatoms. The number of carbonyl (C=O) groups excluding carboxylic acids is 1. The maximum Gasteiger partial charge on any atom is 0.416 e. The third kappa shape index (κ3) is 5.53. The van der Waals surface area contributed by atoms with Crippen molar-refractivity contribution in [3.63, 3.8) is 0 Å². The first-order valence-corrected chi connectivity index (χ1v) is 13.2. The molecule has 216 valence electrons. The summed E-state index contributed by atoms with van der Waals surface area (Å²) in [7, 11) is 5.76. The van der Waals surface area contributed by atoms with Crippen molar-refractivity contribution >= 4 is 17.3 Å². The summed E-state index contributed by atoms with van der Waals surface area (Å²) in [6.07, 6.45) is 1.07. The number of hydrogen-bond acceptors (Lipinski definition) is 7. The minimum absolute atomic E-state index is 0.0634. The number of benzene rings is 1. The summed E-state index contributed by atoms with van der Waals surface area (Å²) in [5.41, 5.74) is 3.52. The Hall–Kier alpha value is -4.26. The molecule has 1 aliphatic rings. The summed E-state index contributed by atoms with van der Waals surface area (Å²) >= 11 is 0. The lowest BCUT2D eigenvalue weighted by molar-refractivity contribution is -0.138. The van der Waals surface area contributed by atoms with Gasteiger partial charge in [0, 0.05) is 55.0 Å². The van der Waals surface area contributed by atoms with E-state index in [0.717, 1.165) is 23.7 Å². The number of carbonyl (C=O) groups is 1. The summed E-state index contributed by atoms with van der Waals surface area (Å²) in [5.74, 6) is -0.585. The van der Waals surface area contributed by atoms with Crippen LogP contribution in [0.5, 0.6) is 0 Å². The van der Waals surface area contributed by atoms with Crippen molar-refractivity contribution in [1.29, 1.82) is 0 Å². The van der Waals surface area contributed by atoms with Crippen LogP contribution in [0.1, 0.15) is 39.3 Å². The number of nitrogens with zero attached hydrogens (tertiary/aromatic N) is 8. The molecule has 4 aromatic rings. The Balaban J connectivity index is 1.44. The summed E-state index contributed by atoms with van der Waals surface area (Å²) in [5, 5.41) is 15.3. The standard InChI is InChI=1S/C28H32F3N9O/c1-16-23(28(29,30)31)10-20(11-25(16)39-8-7-21(14-39)37(4)5)34-27(41)19-9-26(17(2)32-12-19)40-15-24(35-36-40)22-13-33-38(6)18(22)3/h9-13,15,21H,7-8,14H2,1-6H3,(H,34,41)/t21-/m0/s1. The molecule has 0 saturated carbocycles. The number of aromatic nitrogens is 6. The van der Waals surface area contributed by atoms with Gasteiger partial charge in [-0.2, -0.15) is 18.3 Å². The fourth-order valence-electron chi connectivity index (χ4n) is 5.11. The van der Waals surface area contributed by atoms with Crippen molar-refractivity contribution in [3.8, 4) is 16.9 Å². The van der Waals surface area contributed by atoms with Gasteiger partial charge in [0.2, 0.25) is 0 Å². The molecule has 5 rings (SSSR count). The Morgan fingerprint density at radius 1 is 1.10 bits per heavy atom.